The van der Waals surface area contributed by atoms with Crippen LogP contribution in [0.4, 0.5) is 0 Å². The summed E-state index contributed by atoms with van der Waals surface area (Å²) < 4.78 is 7.22. The fourth-order valence-electron chi connectivity index (χ4n) is 6.11. The summed E-state index contributed by atoms with van der Waals surface area (Å²) >= 11 is 1.59. The summed E-state index contributed by atoms with van der Waals surface area (Å²) in [7, 11) is 2.13. The number of nitrogens with zero attached hydrogens (tertiary/aromatic N) is 4. The molecule has 1 aliphatic heterocycles. The summed E-state index contributed by atoms with van der Waals surface area (Å²) in [6.07, 6.45) is 5.22. The third-order valence-corrected chi connectivity index (χ3v) is 9.24. The van der Waals surface area contributed by atoms with E-state index in [-0.39, 0.29) is 5.78 Å². The molecular formula is C39H38N4O2S. The topological polar surface area (TPSA) is 58.6 Å². The molecule has 232 valence electrons. The van der Waals surface area contributed by atoms with Gasteiger partial charge in [0.1, 0.15) is 12.1 Å². The van der Waals surface area contributed by atoms with Gasteiger partial charge >= 0.3 is 0 Å². The van der Waals surface area contributed by atoms with Gasteiger partial charge in [0, 0.05) is 54.6 Å². The lowest BCUT2D eigenvalue weighted by molar-refractivity contribution is 0.105. The Kier molecular flexibility index (Phi) is 9.62. The number of carbonyl (C=O) groups is 1. The van der Waals surface area contributed by atoms with Crippen LogP contribution < -0.4 is 4.74 Å². The molecule has 5 aromatic rings. The molecule has 1 saturated heterocycles. The third kappa shape index (κ3) is 6.48. The van der Waals surface area contributed by atoms with Gasteiger partial charge < -0.3 is 14.5 Å². The van der Waals surface area contributed by atoms with Crippen molar-refractivity contribution in [1.29, 1.82) is 0 Å². The molecule has 6 rings (SSSR count). The minimum Gasteiger partial charge on any atom is -0.473 e. The zero-order chi connectivity index (χ0) is 31.9. The van der Waals surface area contributed by atoms with Gasteiger partial charge in [-0.2, -0.15) is 0 Å². The second kappa shape index (κ2) is 14.1. The molecule has 0 atom stereocenters. The number of thioether (sulfide) groups is 1. The van der Waals surface area contributed by atoms with Crippen LogP contribution in [-0.4, -0.2) is 65.0 Å². The van der Waals surface area contributed by atoms with Gasteiger partial charge in [0.15, 0.2) is 11.4 Å². The number of ketones is 1. The van der Waals surface area contributed by atoms with E-state index in [0.29, 0.717) is 22.6 Å². The van der Waals surface area contributed by atoms with Crippen molar-refractivity contribution in [2.75, 3.05) is 39.5 Å². The summed E-state index contributed by atoms with van der Waals surface area (Å²) in [4.78, 5) is 28.0. The van der Waals surface area contributed by atoms with E-state index in [2.05, 4.69) is 63.2 Å². The molecule has 0 N–H and O–H groups in total. The average molecular weight is 627 g/mol. The van der Waals surface area contributed by atoms with Crippen molar-refractivity contribution in [2.24, 2.45) is 0 Å². The first-order valence-corrected chi connectivity index (χ1v) is 16.7. The molecule has 1 aromatic heterocycles. The first-order valence-electron chi connectivity index (χ1n) is 15.5. The normalized spacial score (nSPS) is 14.5. The number of aromatic nitrogens is 2. The van der Waals surface area contributed by atoms with Crippen LogP contribution in [0.15, 0.2) is 133 Å². The van der Waals surface area contributed by atoms with Gasteiger partial charge in [-0.1, -0.05) is 91.0 Å². The van der Waals surface area contributed by atoms with E-state index >= 15 is 0 Å². The molecule has 4 aromatic carbocycles. The van der Waals surface area contributed by atoms with Crippen molar-refractivity contribution in [2.45, 2.75) is 12.5 Å². The quantitative estimate of drug-likeness (QED) is 0.0915. The molecule has 0 radical (unpaired) electrons. The number of carbonyl (C=O) groups excluding carboxylic acids is 1. The smallest absolute Gasteiger partial charge is 0.197 e. The lowest BCUT2D eigenvalue weighted by Gasteiger charge is -2.36. The predicted octanol–water partition coefficient (Wildman–Crippen LogP) is 7.32. The highest BCUT2D eigenvalue weighted by Gasteiger charge is 2.39. The van der Waals surface area contributed by atoms with Crippen molar-refractivity contribution in [1.82, 2.24) is 19.8 Å². The zero-order valence-electron chi connectivity index (χ0n) is 26.5. The van der Waals surface area contributed by atoms with Crippen molar-refractivity contribution in [3.05, 3.63) is 166 Å². The van der Waals surface area contributed by atoms with Crippen molar-refractivity contribution in [3.63, 3.8) is 0 Å². The van der Waals surface area contributed by atoms with Crippen LogP contribution in [0.3, 0.4) is 0 Å². The molecule has 7 heteroatoms. The number of likely N-dealkylation sites (N-methyl/N-ethyl adjacent to an activating group) is 1. The molecule has 6 nitrogen and oxygen atoms in total. The summed E-state index contributed by atoms with van der Waals surface area (Å²) in [5.74, 6) is 0.507. The molecule has 2 heterocycles. The fourth-order valence-corrected chi connectivity index (χ4v) is 6.96. The van der Waals surface area contributed by atoms with Crippen LogP contribution in [0.25, 0.3) is 5.57 Å². The van der Waals surface area contributed by atoms with Crippen LogP contribution in [0.2, 0.25) is 0 Å². The van der Waals surface area contributed by atoms with E-state index in [1.54, 1.807) is 18.0 Å². The Labute approximate surface area is 275 Å². The second-order valence-electron chi connectivity index (χ2n) is 11.5. The van der Waals surface area contributed by atoms with E-state index in [4.69, 9.17) is 4.74 Å². The molecule has 1 fully saturated rings. The number of ether oxygens (including phenoxy) is 1. The molecule has 0 saturated carbocycles. The first kappa shape index (κ1) is 31.3. The Morgan fingerprint density at radius 1 is 0.783 bits per heavy atom. The van der Waals surface area contributed by atoms with Crippen LogP contribution in [0.1, 0.15) is 38.3 Å². The van der Waals surface area contributed by atoms with Crippen molar-refractivity contribution >= 4 is 23.1 Å². The number of piperazine rings is 1. The molecular weight excluding hydrogens is 589 g/mol. The summed E-state index contributed by atoms with van der Waals surface area (Å²) in [5, 5.41) is 0.924. The van der Waals surface area contributed by atoms with Crippen LogP contribution in [0.5, 0.6) is 5.75 Å². The minimum atomic E-state index is -0.965. The Balaban J connectivity index is 1.50. The van der Waals surface area contributed by atoms with E-state index in [1.165, 1.54) is 6.33 Å². The number of aryl methyl sites for hydroxylation is 1. The minimum absolute atomic E-state index is 0.0970. The maximum Gasteiger partial charge on any atom is 0.197 e. The summed E-state index contributed by atoms with van der Waals surface area (Å²) in [6, 6.07) is 38.4. The lowest BCUT2D eigenvalue weighted by Crippen LogP contribution is -2.43. The van der Waals surface area contributed by atoms with Crippen molar-refractivity contribution < 1.29 is 9.53 Å². The number of benzene rings is 4. The maximum absolute atomic E-state index is 14.7. The van der Waals surface area contributed by atoms with E-state index < -0.39 is 5.60 Å². The number of Topliss-reactive ketones (excluding diaryl/α,β-unsaturated/α-hetero) is 1. The standard InChI is InChI=1S/C39H38N4O2S/c1-29-25-30(37(44)36(35-19-20-40-28-41-35)38(46-3)43-23-21-42(2)22-24-43)27-34(26-29)45-39(31-13-7-4-8-14-31,32-15-9-5-10-16-32)33-17-11-6-12-18-33/h4-20,25-28H,21-24H2,1-3H3. The maximum atomic E-state index is 14.7. The number of allylic oxidation sites excluding steroid dienone is 1. The van der Waals surface area contributed by atoms with E-state index in [1.807, 2.05) is 92.0 Å². The predicted molar refractivity (Wildman–Crippen MR) is 187 cm³/mol. The zero-order valence-corrected chi connectivity index (χ0v) is 27.3. The van der Waals surface area contributed by atoms with Gasteiger partial charge in [-0.3, -0.25) is 4.79 Å². The Morgan fingerprint density at radius 2 is 1.35 bits per heavy atom. The van der Waals surface area contributed by atoms with Gasteiger partial charge in [0.2, 0.25) is 0 Å². The second-order valence-corrected chi connectivity index (χ2v) is 12.3. The van der Waals surface area contributed by atoms with Crippen LogP contribution in [-0.2, 0) is 5.60 Å². The fraction of sp³-hybridized carbons (Fsp3) is 0.205. The summed E-state index contributed by atoms with van der Waals surface area (Å²) in [6.45, 7) is 5.54. The highest BCUT2D eigenvalue weighted by Crippen LogP contribution is 2.42. The number of hydrogen-bond acceptors (Lipinski definition) is 7. The van der Waals surface area contributed by atoms with Gasteiger partial charge in [-0.05, 0) is 50.1 Å². The molecule has 0 amide bonds. The van der Waals surface area contributed by atoms with Crippen molar-refractivity contribution in [3.8, 4) is 5.75 Å². The third-order valence-electron chi connectivity index (χ3n) is 8.39. The van der Waals surface area contributed by atoms with Gasteiger partial charge in [0.05, 0.1) is 16.3 Å². The lowest BCUT2D eigenvalue weighted by atomic mass is 9.80. The monoisotopic (exact) mass is 626 g/mol. The van der Waals surface area contributed by atoms with E-state index in [0.717, 1.165) is 53.5 Å². The van der Waals surface area contributed by atoms with Crippen LogP contribution >= 0.6 is 11.8 Å². The van der Waals surface area contributed by atoms with Crippen LogP contribution in [0, 0.1) is 6.92 Å². The first-order chi connectivity index (χ1) is 22.5. The molecule has 0 bridgehead atoms. The van der Waals surface area contributed by atoms with Gasteiger partial charge in [-0.15, -0.1) is 11.8 Å². The SMILES string of the molecule is CSC(=C(C(=O)c1cc(C)cc(OC(c2ccccc2)(c2ccccc2)c2ccccc2)c1)c1ccncn1)N1CCN(C)CC1. The molecule has 0 aliphatic carbocycles. The number of hydrogen-bond donors (Lipinski definition) is 0. The average Bonchev–Trinajstić information content (AvgIpc) is 3.11. The number of rotatable bonds is 10. The summed E-state index contributed by atoms with van der Waals surface area (Å²) in [5.41, 5.74) is 4.67. The molecule has 0 spiro atoms. The highest BCUT2D eigenvalue weighted by molar-refractivity contribution is 8.02. The van der Waals surface area contributed by atoms with Gasteiger partial charge in [-0.25, -0.2) is 9.97 Å². The molecule has 0 unspecified atom stereocenters. The Bertz CT molecular complexity index is 1690. The largest absolute Gasteiger partial charge is 0.473 e. The van der Waals surface area contributed by atoms with E-state index in [9.17, 15) is 4.79 Å². The Hall–Kier alpha value is -4.72. The Morgan fingerprint density at radius 3 is 1.85 bits per heavy atom. The van der Waals surface area contributed by atoms with Gasteiger partial charge in [0.25, 0.3) is 0 Å². The molecule has 1 aliphatic rings. The molecule has 46 heavy (non-hydrogen) atoms. The highest BCUT2D eigenvalue weighted by atomic mass is 32.2.